The molecule has 40 heavy (non-hydrogen) atoms. The number of pyridine rings is 1. The average molecular weight is 581 g/mol. The minimum Gasteiger partial charge on any atom is -0.420 e. The zero-order valence-corrected chi connectivity index (χ0v) is 24.7. The minimum absolute atomic E-state index is 0.0473. The largest absolute Gasteiger partial charge is 0.420 e. The number of nitrogens with zero attached hydrogens (tertiary/aromatic N) is 4. The quantitative estimate of drug-likeness (QED) is 0.277. The molecule has 1 atom stereocenters. The number of nitrogens with one attached hydrogen (secondary N) is 2. The first-order chi connectivity index (χ1) is 19.1. The SMILES string of the molecule is C[C@@H]1CNc2c(sc3ccc4nc(Oc5nc(Cl)ncc5CN5CCC(OC(C)(C)C)CC5)ccc4c23)C(=O)N1. The van der Waals surface area contributed by atoms with E-state index in [9.17, 15) is 4.79 Å². The summed E-state index contributed by atoms with van der Waals surface area (Å²) in [6, 6.07) is 7.83. The number of aromatic nitrogens is 3. The van der Waals surface area contributed by atoms with E-state index >= 15 is 0 Å². The van der Waals surface area contributed by atoms with Crippen molar-refractivity contribution in [3.63, 3.8) is 0 Å². The summed E-state index contributed by atoms with van der Waals surface area (Å²) in [6.45, 7) is 11.4. The maximum atomic E-state index is 12.7. The summed E-state index contributed by atoms with van der Waals surface area (Å²) >= 11 is 7.66. The predicted molar refractivity (Wildman–Crippen MR) is 159 cm³/mol. The number of ether oxygens (including phenoxy) is 2. The van der Waals surface area contributed by atoms with Crippen molar-refractivity contribution in [3.8, 4) is 11.8 Å². The van der Waals surface area contributed by atoms with Crippen molar-refractivity contribution in [3.05, 3.63) is 46.2 Å². The van der Waals surface area contributed by atoms with Crippen LogP contribution in [0, 0.1) is 0 Å². The van der Waals surface area contributed by atoms with Crippen LogP contribution in [0.1, 0.15) is 55.8 Å². The van der Waals surface area contributed by atoms with Gasteiger partial charge in [0.1, 0.15) is 4.88 Å². The molecular weight excluding hydrogens is 548 g/mol. The van der Waals surface area contributed by atoms with E-state index in [1.807, 2.05) is 31.2 Å². The minimum atomic E-state index is -0.137. The Kier molecular flexibility index (Phi) is 7.28. The zero-order valence-electron chi connectivity index (χ0n) is 23.1. The number of amides is 1. The summed E-state index contributed by atoms with van der Waals surface area (Å²) in [7, 11) is 0. The molecule has 1 saturated heterocycles. The van der Waals surface area contributed by atoms with Gasteiger partial charge in [0.2, 0.25) is 17.0 Å². The van der Waals surface area contributed by atoms with Crippen LogP contribution in [0.25, 0.3) is 21.0 Å². The lowest BCUT2D eigenvalue weighted by molar-refractivity contribution is -0.0827. The van der Waals surface area contributed by atoms with Gasteiger partial charge in [0.05, 0.1) is 22.9 Å². The van der Waals surface area contributed by atoms with Crippen molar-refractivity contribution in [1.82, 2.24) is 25.2 Å². The van der Waals surface area contributed by atoms with Crippen LogP contribution in [0.4, 0.5) is 5.69 Å². The van der Waals surface area contributed by atoms with Crippen LogP contribution < -0.4 is 15.4 Å². The molecule has 11 heteroatoms. The van der Waals surface area contributed by atoms with Crippen molar-refractivity contribution < 1.29 is 14.3 Å². The van der Waals surface area contributed by atoms with Gasteiger partial charge in [-0.15, -0.1) is 11.3 Å². The monoisotopic (exact) mass is 580 g/mol. The second-order valence-electron chi connectivity index (χ2n) is 11.5. The Morgan fingerprint density at radius 3 is 2.73 bits per heavy atom. The molecule has 0 aliphatic carbocycles. The molecule has 2 N–H and O–H groups in total. The van der Waals surface area contributed by atoms with Crippen LogP contribution in [0.5, 0.6) is 11.8 Å². The Balaban J connectivity index is 1.24. The highest BCUT2D eigenvalue weighted by Gasteiger charge is 2.26. The number of fused-ring (bicyclic) bond motifs is 5. The van der Waals surface area contributed by atoms with Crippen LogP contribution in [-0.2, 0) is 11.3 Å². The lowest BCUT2D eigenvalue weighted by Crippen LogP contribution is -2.39. The number of halogens is 1. The van der Waals surface area contributed by atoms with E-state index in [2.05, 4.69) is 46.3 Å². The molecule has 2 aliphatic rings. The van der Waals surface area contributed by atoms with Gasteiger partial charge in [-0.1, -0.05) is 0 Å². The van der Waals surface area contributed by atoms with E-state index in [0.29, 0.717) is 29.7 Å². The second-order valence-corrected chi connectivity index (χ2v) is 12.9. The van der Waals surface area contributed by atoms with Gasteiger partial charge < -0.3 is 20.1 Å². The van der Waals surface area contributed by atoms with Gasteiger partial charge in [-0.2, -0.15) is 4.98 Å². The second kappa shape index (κ2) is 10.7. The number of benzene rings is 1. The van der Waals surface area contributed by atoms with Crippen LogP contribution in [-0.4, -0.2) is 63.1 Å². The fraction of sp³-hybridized carbons (Fsp3) is 0.448. The molecule has 3 aromatic heterocycles. The molecule has 9 nitrogen and oxygen atoms in total. The summed E-state index contributed by atoms with van der Waals surface area (Å²) in [5.41, 5.74) is 2.35. The molecular formula is C29H33ClN6O3S. The lowest BCUT2D eigenvalue weighted by atomic mass is 10.1. The number of hydrogen-bond acceptors (Lipinski definition) is 9. The van der Waals surface area contributed by atoms with E-state index in [1.54, 1.807) is 6.20 Å². The fourth-order valence-corrected chi connectivity index (χ4v) is 6.58. The predicted octanol–water partition coefficient (Wildman–Crippen LogP) is 6.01. The summed E-state index contributed by atoms with van der Waals surface area (Å²) in [4.78, 5) is 29.2. The van der Waals surface area contributed by atoms with Crippen LogP contribution in [0.3, 0.4) is 0 Å². The molecule has 5 heterocycles. The Morgan fingerprint density at radius 1 is 1.15 bits per heavy atom. The van der Waals surface area contributed by atoms with Crippen molar-refractivity contribution in [2.75, 3.05) is 25.0 Å². The molecule has 0 unspecified atom stereocenters. The maximum Gasteiger partial charge on any atom is 0.263 e. The Hall–Kier alpha value is -3.05. The van der Waals surface area contributed by atoms with E-state index in [1.165, 1.54) is 11.3 Å². The molecule has 0 saturated carbocycles. The standard InChI is InChI=1S/C29H33ClN6O3S/c1-16-13-31-24-23-19-5-8-22(34-20(19)6-7-21(23)40-25(24)26(37)33-16)38-27-17(14-32-28(30)35-27)15-36-11-9-18(10-12-36)39-29(2,3)4/h5-8,14,16,18,31H,9-13,15H2,1-4H3,(H,33,37)/t16-/m1/s1. The molecule has 1 aromatic carbocycles. The van der Waals surface area contributed by atoms with Gasteiger partial charge in [-0.05, 0) is 70.3 Å². The Morgan fingerprint density at radius 2 is 1.95 bits per heavy atom. The number of thiophene rings is 1. The average Bonchev–Trinajstić information content (AvgIpc) is 3.22. The maximum absolute atomic E-state index is 12.7. The lowest BCUT2D eigenvalue weighted by Gasteiger charge is -2.35. The molecule has 1 amide bonds. The normalized spacial score (nSPS) is 18.8. The number of carbonyl (C=O) groups excluding carboxylic acids is 1. The summed E-state index contributed by atoms with van der Waals surface area (Å²) in [5, 5.41) is 8.58. The molecule has 1 fully saturated rings. The van der Waals surface area contributed by atoms with E-state index in [0.717, 1.165) is 58.2 Å². The number of anilines is 1. The fourth-order valence-electron chi connectivity index (χ4n) is 5.36. The molecule has 0 radical (unpaired) electrons. The third kappa shape index (κ3) is 5.72. The van der Waals surface area contributed by atoms with Crippen molar-refractivity contribution >= 4 is 55.5 Å². The van der Waals surface area contributed by atoms with E-state index in [-0.39, 0.29) is 28.9 Å². The summed E-state index contributed by atoms with van der Waals surface area (Å²) in [6.07, 6.45) is 3.95. The number of carbonyl (C=O) groups is 1. The molecule has 0 bridgehead atoms. The van der Waals surface area contributed by atoms with Crippen molar-refractivity contribution in [2.24, 2.45) is 0 Å². The molecule has 0 spiro atoms. The van der Waals surface area contributed by atoms with E-state index in [4.69, 9.17) is 26.1 Å². The van der Waals surface area contributed by atoms with Crippen LogP contribution in [0.15, 0.2) is 30.5 Å². The first-order valence-corrected chi connectivity index (χ1v) is 14.8. The van der Waals surface area contributed by atoms with Gasteiger partial charge in [-0.3, -0.25) is 9.69 Å². The van der Waals surface area contributed by atoms with Crippen molar-refractivity contribution in [1.29, 1.82) is 0 Å². The number of piperidine rings is 1. The molecule has 6 rings (SSSR count). The smallest absolute Gasteiger partial charge is 0.263 e. The first kappa shape index (κ1) is 27.1. The molecule has 210 valence electrons. The zero-order chi connectivity index (χ0) is 28.0. The number of rotatable bonds is 5. The topological polar surface area (TPSA) is 102 Å². The highest BCUT2D eigenvalue weighted by Crippen LogP contribution is 2.41. The summed E-state index contributed by atoms with van der Waals surface area (Å²) < 4.78 is 13.4. The Labute approximate surface area is 242 Å². The molecule has 4 aromatic rings. The highest BCUT2D eigenvalue weighted by molar-refractivity contribution is 7.21. The van der Waals surface area contributed by atoms with Gasteiger partial charge in [-0.25, -0.2) is 9.97 Å². The number of likely N-dealkylation sites (tertiary alicyclic amines) is 1. The summed E-state index contributed by atoms with van der Waals surface area (Å²) in [5.74, 6) is 0.771. The van der Waals surface area contributed by atoms with Crippen LogP contribution in [0.2, 0.25) is 5.28 Å². The van der Waals surface area contributed by atoms with Crippen LogP contribution >= 0.6 is 22.9 Å². The third-order valence-corrected chi connectivity index (χ3v) is 8.45. The van der Waals surface area contributed by atoms with Gasteiger partial charge in [0, 0.05) is 65.5 Å². The third-order valence-electron chi connectivity index (χ3n) is 7.11. The van der Waals surface area contributed by atoms with Gasteiger partial charge in [0.15, 0.2) is 0 Å². The van der Waals surface area contributed by atoms with Crippen molar-refractivity contribution in [2.45, 2.75) is 64.8 Å². The first-order valence-electron chi connectivity index (χ1n) is 13.6. The Bertz CT molecular complexity index is 1580. The molecule has 2 aliphatic heterocycles. The highest BCUT2D eigenvalue weighted by atomic mass is 35.5. The van der Waals surface area contributed by atoms with Gasteiger partial charge in [0.25, 0.3) is 5.91 Å². The van der Waals surface area contributed by atoms with Gasteiger partial charge >= 0.3 is 0 Å². The number of hydrogen-bond donors (Lipinski definition) is 2. The van der Waals surface area contributed by atoms with E-state index < -0.39 is 0 Å².